The van der Waals surface area contributed by atoms with Crippen molar-refractivity contribution in [3.8, 4) is 22.3 Å². The highest BCUT2D eigenvalue weighted by atomic mass is 79.9. The predicted octanol–water partition coefficient (Wildman–Crippen LogP) is 5.82. The second-order valence-electron chi connectivity index (χ2n) is 6.27. The number of pyridine rings is 1. The molecule has 0 radical (unpaired) electrons. The molecule has 4 rings (SSSR count). The summed E-state index contributed by atoms with van der Waals surface area (Å²) in [7, 11) is 0. The zero-order chi connectivity index (χ0) is 15.3. The van der Waals surface area contributed by atoms with Crippen molar-refractivity contribution in [1.82, 2.24) is 4.98 Å². The number of hydrogen-bond acceptors (Lipinski definition) is 1. The van der Waals surface area contributed by atoms with Gasteiger partial charge in [-0.1, -0.05) is 56.3 Å². The van der Waals surface area contributed by atoms with Crippen molar-refractivity contribution >= 4 is 15.9 Å². The zero-order valence-corrected chi connectivity index (χ0v) is 14.2. The van der Waals surface area contributed by atoms with E-state index in [2.05, 4.69) is 83.3 Å². The van der Waals surface area contributed by atoms with Gasteiger partial charge in [0.2, 0.25) is 0 Å². The fourth-order valence-corrected chi connectivity index (χ4v) is 3.95. The second kappa shape index (κ2) is 4.79. The van der Waals surface area contributed by atoms with Crippen LogP contribution >= 0.6 is 15.9 Å². The summed E-state index contributed by atoms with van der Waals surface area (Å²) in [5, 5.41) is 0. The van der Waals surface area contributed by atoms with E-state index in [1.807, 2.05) is 6.07 Å². The Morgan fingerprint density at radius 2 is 1.55 bits per heavy atom. The minimum atomic E-state index is 0.0383. The molecular formula is C20H16BrN. The molecule has 0 amide bonds. The van der Waals surface area contributed by atoms with E-state index in [0.29, 0.717) is 0 Å². The van der Waals surface area contributed by atoms with Gasteiger partial charge >= 0.3 is 0 Å². The summed E-state index contributed by atoms with van der Waals surface area (Å²) in [6.07, 6.45) is 1.81. The zero-order valence-electron chi connectivity index (χ0n) is 12.6. The van der Waals surface area contributed by atoms with Gasteiger partial charge in [-0.15, -0.1) is 0 Å². The van der Waals surface area contributed by atoms with E-state index >= 15 is 0 Å². The van der Waals surface area contributed by atoms with E-state index in [-0.39, 0.29) is 5.41 Å². The van der Waals surface area contributed by atoms with Gasteiger partial charge in [0.1, 0.15) is 4.60 Å². The number of fused-ring (bicyclic) bond motifs is 3. The molecular weight excluding hydrogens is 334 g/mol. The number of halogens is 1. The van der Waals surface area contributed by atoms with Crippen molar-refractivity contribution in [3.05, 3.63) is 76.5 Å². The van der Waals surface area contributed by atoms with Gasteiger partial charge < -0.3 is 0 Å². The molecule has 0 aliphatic heterocycles. The quantitative estimate of drug-likeness (QED) is 0.504. The predicted molar refractivity (Wildman–Crippen MR) is 94.9 cm³/mol. The van der Waals surface area contributed by atoms with Crippen molar-refractivity contribution in [2.45, 2.75) is 19.3 Å². The normalized spacial score (nSPS) is 14.5. The number of benzene rings is 2. The first-order valence-corrected chi connectivity index (χ1v) is 8.23. The van der Waals surface area contributed by atoms with Crippen LogP contribution in [0.25, 0.3) is 22.3 Å². The molecule has 0 spiro atoms. The third kappa shape index (κ3) is 1.87. The fraction of sp³-hybridized carbons (Fsp3) is 0.150. The molecule has 108 valence electrons. The Morgan fingerprint density at radius 1 is 0.818 bits per heavy atom. The van der Waals surface area contributed by atoms with Crippen LogP contribution in [0.3, 0.4) is 0 Å². The summed E-state index contributed by atoms with van der Waals surface area (Å²) >= 11 is 3.56. The van der Waals surface area contributed by atoms with E-state index in [4.69, 9.17) is 0 Å². The number of hydrogen-bond donors (Lipinski definition) is 0. The smallest absolute Gasteiger partial charge is 0.113 e. The van der Waals surface area contributed by atoms with Gasteiger partial charge in [0.25, 0.3) is 0 Å². The third-order valence-electron chi connectivity index (χ3n) is 4.65. The van der Waals surface area contributed by atoms with Crippen LogP contribution in [0.1, 0.15) is 25.0 Å². The monoisotopic (exact) mass is 349 g/mol. The van der Waals surface area contributed by atoms with Crippen molar-refractivity contribution in [3.63, 3.8) is 0 Å². The minimum absolute atomic E-state index is 0.0383. The molecule has 2 aromatic carbocycles. The van der Waals surface area contributed by atoms with Gasteiger partial charge in [0, 0.05) is 17.2 Å². The van der Waals surface area contributed by atoms with Crippen LogP contribution in [0, 0.1) is 0 Å². The average Bonchev–Trinajstić information content (AvgIpc) is 2.76. The van der Waals surface area contributed by atoms with E-state index < -0.39 is 0 Å². The lowest BCUT2D eigenvalue weighted by Crippen LogP contribution is -2.14. The highest BCUT2D eigenvalue weighted by Gasteiger charge is 2.35. The minimum Gasteiger partial charge on any atom is -0.249 e. The Balaban J connectivity index is 1.95. The maximum absolute atomic E-state index is 4.34. The van der Waals surface area contributed by atoms with Gasteiger partial charge in [-0.3, -0.25) is 0 Å². The first-order valence-electron chi connectivity index (χ1n) is 7.44. The highest BCUT2D eigenvalue weighted by Crippen LogP contribution is 2.49. The SMILES string of the molecule is CC1(C)c2ccccc2-c2ccc(-c3cccnc3Br)cc21. The molecule has 0 N–H and O–H groups in total. The first kappa shape index (κ1) is 13.7. The molecule has 1 aliphatic rings. The molecule has 1 aliphatic carbocycles. The molecule has 3 aromatic rings. The van der Waals surface area contributed by atoms with Crippen LogP contribution in [0.4, 0.5) is 0 Å². The van der Waals surface area contributed by atoms with Crippen molar-refractivity contribution in [1.29, 1.82) is 0 Å². The van der Waals surface area contributed by atoms with E-state index in [0.717, 1.165) is 10.2 Å². The van der Waals surface area contributed by atoms with Crippen LogP contribution in [0.2, 0.25) is 0 Å². The maximum atomic E-state index is 4.34. The Hall–Kier alpha value is -1.93. The van der Waals surface area contributed by atoms with Gasteiger partial charge in [-0.05, 0) is 55.9 Å². The van der Waals surface area contributed by atoms with Crippen LogP contribution in [-0.2, 0) is 5.41 Å². The van der Waals surface area contributed by atoms with Gasteiger partial charge in [-0.2, -0.15) is 0 Å². The number of aromatic nitrogens is 1. The number of nitrogens with zero attached hydrogens (tertiary/aromatic N) is 1. The maximum Gasteiger partial charge on any atom is 0.113 e. The van der Waals surface area contributed by atoms with E-state index in [1.165, 1.54) is 27.8 Å². The summed E-state index contributed by atoms with van der Waals surface area (Å²) in [4.78, 5) is 4.34. The van der Waals surface area contributed by atoms with Crippen molar-refractivity contribution in [2.24, 2.45) is 0 Å². The average molecular weight is 350 g/mol. The lowest BCUT2D eigenvalue weighted by Gasteiger charge is -2.22. The molecule has 1 aromatic heterocycles. The van der Waals surface area contributed by atoms with Gasteiger partial charge in [-0.25, -0.2) is 4.98 Å². The van der Waals surface area contributed by atoms with Crippen LogP contribution < -0.4 is 0 Å². The van der Waals surface area contributed by atoms with Crippen molar-refractivity contribution < 1.29 is 0 Å². The molecule has 22 heavy (non-hydrogen) atoms. The number of rotatable bonds is 1. The molecule has 0 unspecified atom stereocenters. The topological polar surface area (TPSA) is 12.9 Å². The summed E-state index contributed by atoms with van der Waals surface area (Å²) in [5.74, 6) is 0. The van der Waals surface area contributed by atoms with Gasteiger partial charge in [0.05, 0.1) is 0 Å². The van der Waals surface area contributed by atoms with Crippen LogP contribution in [-0.4, -0.2) is 4.98 Å². The standard InChI is InChI=1S/C20H16BrN/c1-20(2)17-8-4-3-6-15(17)16-10-9-13(12-18(16)20)14-7-5-11-22-19(14)21/h3-12H,1-2H3. The molecule has 0 bridgehead atoms. The Labute approximate surface area is 139 Å². The van der Waals surface area contributed by atoms with Crippen LogP contribution in [0.5, 0.6) is 0 Å². The van der Waals surface area contributed by atoms with Crippen molar-refractivity contribution in [2.75, 3.05) is 0 Å². The van der Waals surface area contributed by atoms with E-state index in [1.54, 1.807) is 6.20 Å². The van der Waals surface area contributed by atoms with Gasteiger partial charge in [0.15, 0.2) is 0 Å². The Bertz CT molecular complexity index is 880. The summed E-state index contributed by atoms with van der Waals surface area (Å²) < 4.78 is 0.892. The highest BCUT2D eigenvalue weighted by molar-refractivity contribution is 9.10. The first-order chi connectivity index (χ1) is 10.6. The molecule has 1 heterocycles. The lowest BCUT2D eigenvalue weighted by molar-refractivity contribution is 0.660. The summed E-state index contributed by atoms with van der Waals surface area (Å²) in [5.41, 5.74) is 7.89. The van der Waals surface area contributed by atoms with E-state index in [9.17, 15) is 0 Å². The lowest BCUT2D eigenvalue weighted by atomic mass is 9.81. The second-order valence-corrected chi connectivity index (χ2v) is 7.02. The fourth-order valence-electron chi connectivity index (χ4n) is 3.47. The Kier molecular flexibility index (Phi) is 2.98. The summed E-state index contributed by atoms with van der Waals surface area (Å²) in [6, 6.07) is 19.6. The molecule has 2 heteroatoms. The van der Waals surface area contributed by atoms with Crippen LogP contribution in [0.15, 0.2) is 65.4 Å². The largest absolute Gasteiger partial charge is 0.249 e. The Morgan fingerprint density at radius 3 is 2.36 bits per heavy atom. The molecule has 0 saturated heterocycles. The summed E-state index contributed by atoms with van der Waals surface area (Å²) in [6.45, 7) is 4.61. The molecule has 1 nitrogen and oxygen atoms in total. The molecule has 0 atom stereocenters. The third-order valence-corrected chi connectivity index (χ3v) is 5.29. The molecule has 0 saturated carbocycles. The molecule has 0 fully saturated rings.